The van der Waals surface area contributed by atoms with Crippen LogP contribution in [0.25, 0.3) is 34.1 Å². The first kappa shape index (κ1) is 20.9. The highest BCUT2D eigenvalue weighted by Crippen LogP contribution is 2.41. The average molecular weight is 436 g/mol. The third-order valence-electron chi connectivity index (χ3n) is 4.87. The molecule has 0 radical (unpaired) electrons. The summed E-state index contributed by atoms with van der Waals surface area (Å²) in [6, 6.07) is 11.0. The van der Waals surface area contributed by atoms with Gasteiger partial charge in [0.2, 0.25) is 16.9 Å². The average Bonchev–Trinajstić information content (AvgIpc) is 3.23. The molecule has 4 aromatic rings. The van der Waals surface area contributed by atoms with Crippen LogP contribution in [0.2, 0.25) is 0 Å². The van der Waals surface area contributed by atoms with Gasteiger partial charge >= 0.3 is 0 Å². The maximum absolute atomic E-state index is 12.2. The number of H-pyrrole nitrogens is 1. The summed E-state index contributed by atoms with van der Waals surface area (Å²) in [6.45, 7) is 1.59. The van der Waals surface area contributed by atoms with Crippen molar-refractivity contribution in [3.63, 3.8) is 0 Å². The number of aromatic nitrogens is 2. The molecule has 4 rings (SSSR count). The van der Waals surface area contributed by atoms with Gasteiger partial charge in [0.05, 0.1) is 14.2 Å². The number of aromatic hydroxyl groups is 3. The lowest BCUT2D eigenvalue weighted by molar-refractivity contribution is 0.351. The van der Waals surface area contributed by atoms with Crippen molar-refractivity contribution < 1.29 is 29.2 Å². The van der Waals surface area contributed by atoms with E-state index in [0.29, 0.717) is 28.3 Å². The molecule has 0 fully saturated rings. The first-order valence-corrected chi connectivity index (χ1v) is 9.51. The fourth-order valence-electron chi connectivity index (χ4n) is 3.31. The van der Waals surface area contributed by atoms with Gasteiger partial charge in [-0.3, -0.25) is 4.79 Å². The molecule has 2 aromatic carbocycles. The number of phenols is 2. The highest BCUT2D eigenvalue weighted by Gasteiger charge is 2.23. The van der Waals surface area contributed by atoms with Gasteiger partial charge in [-0.25, -0.2) is 4.98 Å². The topological polar surface area (TPSA) is 138 Å². The minimum Gasteiger partial charge on any atom is -0.504 e. The summed E-state index contributed by atoms with van der Waals surface area (Å²) in [5.74, 6) is -0.247. The number of hydrogen-bond donors (Lipinski definition) is 4. The SMILES string of the molecule is COc1cccc(-c2nc(-c3cc(O)c(O)c(OC)c3)[nH]c2-c2oc(C)cc(=O)c2O)c1. The van der Waals surface area contributed by atoms with E-state index in [9.17, 15) is 20.1 Å². The van der Waals surface area contributed by atoms with Gasteiger partial charge in [0.1, 0.15) is 28.7 Å². The molecule has 0 saturated heterocycles. The molecule has 0 amide bonds. The van der Waals surface area contributed by atoms with Crippen LogP contribution in [0.4, 0.5) is 0 Å². The van der Waals surface area contributed by atoms with Crippen LogP contribution >= 0.6 is 0 Å². The molecule has 0 spiro atoms. The van der Waals surface area contributed by atoms with E-state index in [0.717, 1.165) is 0 Å². The zero-order chi connectivity index (χ0) is 23.0. The van der Waals surface area contributed by atoms with Crippen LogP contribution in [0.1, 0.15) is 5.76 Å². The first-order valence-electron chi connectivity index (χ1n) is 9.51. The third-order valence-corrected chi connectivity index (χ3v) is 4.87. The van der Waals surface area contributed by atoms with Crippen molar-refractivity contribution in [2.45, 2.75) is 6.92 Å². The molecule has 0 aliphatic heterocycles. The minimum atomic E-state index is -0.597. The molecule has 0 atom stereocenters. The van der Waals surface area contributed by atoms with Crippen molar-refractivity contribution in [3.8, 4) is 62.8 Å². The van der Waals surface area contributed by atoms with Crippen LogP contribution in [0, 0.1) is 6.92 Å². The summed E-state index contributed by atoms with van der Waals surface area (Å²) >= 11 is 0. The van der Waals surface area contributed by atoms with Gasteiger partial charge in [0.25, 0.3) is 0 Å². The number of aromatic amines is 1. The first-order chi connectivity index (χ1) is 15.3. The molecule has 9 nitrogen and oxygen atoms in total. The molecule has 4 N–H and O–H groups in total. The maximum Gasteiger partial charge on any atom is 0.227 e. The maximum atomic E-state index is 12.2. The third kappa shape index (κ3) is 3.60. The molecular formula is C23H20N2O7. The molecule has 0 aliphatic carbocycles. The number of nitrogens with one attached hydrogen (secondary N) is 1. The van der Waals surface area contributed by atoms with E-state index in [1.165, 1.54) is 32.4 Å². The van der Waals surface area contributed by atoms with Gasteiger partial charge < -0.3 is 34.2 Å². The van der Waals surface area contributed by atoms with E-state index < -0.39 is 22.7 Å². The number of imidazole rings is 1. The second-order valence-electron chi connectivity index (χ2n) is 6.99. The van der Waals surface area contributed by atoms with Gasteiger partial charge in [0, 0.05) is 17.2 Å². The molecular weight excluding hydrogens is 416 g/mol. The van der Waals surface area contributed by atoms with Crippen LogP contribution in [0.5, 0.6) is 28.7 Å². The number of aryl methyl sites for hydroxylation is 1. The van der Waals surface area contributed by atoms with Crippen molar-refractivity contribution in [3.05, 3.63) is 58.4 Å². The molecule has 2 aromatic heterocycles. The second kappa shape index (κ2) is 8.03. The van der Waals surface area contributed by atoms with Crippen molar-refractivity contribution in [2.24, 2.45) is 0 Å². The van der Waals surface area contributed by atoms with Crippen molar-refractivity contribution in [2.75, 3.05) is 14.2 Å². The number of nitrogens with zero attached hydrogens (tertiary/aromatic N) is 1. The number of ether oxygens (including phenoxy) is 2. The molecule has 9 heteroatoms. The van der Waals surface area contributed by atoms with Gasteiger partial charge in [-0.2, -0.15) is 0 Å². The normalized spacial score (nSPS) is 10.8. The number of benzene rings is 2. The van der Waals surface area contributed by atoms with Crippen molar-refractivity contribution in [1.29, 1.82) is 0 Å². The highest BCUT2D eigenvalue weighted by atomic mass is 16.5. The van der Waals surface area contributed by atoms with Crippen LogP contribution in [0.3, 0.4) is 0 Å². The molecule has 2 heterocycles. The summed E-state index contributed by atoms with van der Waals surface area (Å²) in [5.41, 5.74) is 1.04. The summed E-state index contributed by atoms with van der Waals surface area (Å²) < 4.78 is 16.1. The zero-order valence-corrected chi connectivity index (χ0v) is 17.5. The fraction of sp³-hybridized carbons (Fsp3) is 0.130. The quantitative estimate of drug-likeness (QED) is 0.347. The smallest absolute Gasteiger partial charge is 0.227 e. The van der Waals surface area contributed by atoms with Gasteiger partial charge in [-0.1, -0.05) is 12.1 Å². The molecule has 164 valence electrons. The Hall–Kier alpha value is -4.40. The number of rotatable bonds is 5. The summed E-state index contributed by atoms with van der Waals surface area (Å²) in [7, 11) is 2.89. The van der Waals surface area contributed by atoms with Gasteiger partial charge in [-0.15, -0.1) is 0 Å². The van der Waals surface area contributed by atoms with Crippen molar-refractivity contribution in [1.82, 2.24) is 9.97 Å². The Bertz CT molecular complexity index is 1370. The van der Waals surface area contributed by atoms with Gasteiger partial charge in [-0.05, 0) is 31.2 Å². The molecule has 32 heavy (non-hydrogen) atoms. The van der Waals surface area contributed by atoms with E-state index >= 15 is 0 Å². The Morgan fingerprint density at radius 1 is 0.969 bits per heavy atom. The fourth-order valence-corrected chi connectivity index (χ4v) is 3.31. The molecule has 0 saturated carbocycles. The standard InChI is InChI=1S/C23H20N2O7/c1-11-7-15(26)21(29)22(32-11)19-18(12-5-4-6-14(8-12)30-2)24-23(25-19)13-9-16(27)20(28)17(10-13)31-3/h4-10,27-29H,1-3H3,(H,24,25). The predicted octanol–water partition coefficient (Wildman–Crippen LogP) is 3.81. The largest absolute Gasteiger partial charge is 0.504 e. The summed E-state index contributed by atoms with van der Waals surface area (Å²) in [6.07, 6.45) is 0. The van der Waals surface area contributed by atoms with Crippen LogP contribution in [0.15, 0.2) is 51.7 Å². The van der Waals surface area contributed by atoms with E-state index in [1.54, 1.807) is 31.2 Å². The summed E-state index contributed by atoms with van der Waals surface area (Å²) in [4.78, 5) is 19.9. The second-order valence-corrected chi connectivity index (χ2v) is 6.99. The Morgan fingerprint density at radius 2 is 1.75 bits per heavy atom. The zero-order valence-electron chi connectivity index (χ0n) is 17.5. The van der Waals surface area contributed by atoms with E-state index in [4.69, 9.17) is 13.9 Å². The number of phenolic OH excluding ortho intramolecular Hbond substituents is 2. The predicted molar refractivity (Wildman–Crippen MR) is 116 cm³/mol. The monoisotopic (exact) mass is 436 g/mol. The Balaban J connectivity index is 2.00. The van der Waals surface area contributed by atoms with E-state index in [-0.39, 0.29) is 23.0 Å². The Morgan fingerprint density at radius 3 is 2.47 bits per heavy atom. The Labute approximate surface area is 182 Å². The summed E-state index contributed by atoms with van der Waals surface area (Å²) in [5, 5.41) is 30.4. The lowest BCUT2D eigenvalue weighted by Gasteiger charge is -2.07. The molecule has 0 bridgehead atoms. The van der Waals surface area contributed by atoms with Crippen LogP contribution in [-0.2, 0) is 0 Å². The van der Waals surface area contributed by atoms with Crippen LogP contribution in [-0.4, -0.2) is 39.5 Å². The lowest BCUT2D eigenvalue weighted by atomic mass is 10.1. The lowest BCUT2D eigenvalue weighted by Crippen LogP contribution is -2.01. The number of methoxy groups -OCH3 is 2. The Kier molecular flexibility index (Phi) is 5.23. The molecule has 0 unspecified atom stereocenters. The van der Waals surface area contributed by atoms with Crippen LogP contribution < -0.4 is 14.9 Å². The van der Waals surface area contributed by atoms with E-state index in [2.05, 4.69) is 9.97 Å². The minimum absolute atomic E-state index is 0.0471. The number of hydrogen-bond acceptors (Lipinski definition) is 8. The highest BCUT2D eigenvalue weighted by molar-refractivity contribution is 5.82. The molecule has 0 aliphatic rings. The van der Waals surface area contributed by atoms with Gasteiger partial charge in [0.15, 0.2) is 17.3 Å². The van der Waals surface area contributed by atoms with E-state index in [1.807, 2.05) is 0 Å². The van der Waals surface area contributed by atoms with Crippen molar-refractivity contribution >= 4 is 0 Å².